The molecule has 2 rings (SSSR count). The van der Waals surface area contributed by atoms with Crippen LogP contribution in [0.4, 0.5) is 0 Å². The Hall–Kier alpha value is -2.22. The minimum Gasteiger partial charge on any atom is -0.383 e. The quantitative estimate of drug-likeness (QED) is 0.714. The molecule has 7 heteroatoms. The molecule has 2 aromatic carbocycles. The van der Waals surface area contributed by atoms with Gasteiger partial charge in [0.15, 0.2) is 0 Å². The van der Waals surface area contributed by atoms with E-state index in [4.69, 9.17) is 4.74 Å². The molecule has 0 saturated carbocycles. The van der Waals surface area contributed by atoms with Crippen LogP contribution in [-0.2, 0) is 21.3 Å². The Balaban J connectivity index is 2.19. The van der Waals surface area contributed by atoms with Crippen molar-refractivity contribution in [3.05, 3.63) is 65.7 Å². The monoisotopic (exact) mass is 390 g/mol. The van der Waals surface area contributed by atoms with Crippen LogP contribution in [-0.4, -0.2) is 45.5 Å². The number of hydrogen-bond donors (Lipinski definition) is 1. The maximum absolute atomic E-state index is 12.9. The summed E-state index contributed by atoms with van der Waals surface area (Å²) in [5.74, 6) is -0.170. The number of hydrogen-bond acceptors (Lipinski definition) is 4. The van der Waals surface area contributed by atoms with E-state index < -0.39 is 10.0 Å². The number of methoxy groups -OCH3 is 1. The third-order valence-corrected chi connectivity index (χ3v) is 5.55. The molecule has 1 N–H and O–H groups in total. The highest BCUT2D eigenvalue weighted by Crippen LogP contribution is 2.14. The minimum atomic E-state index is -3.58. The third-order valence-electron chi connectivity index (χ3n) is 3.87. The van der Waals surface area contributed by atoms with Gasteiger partial charge in [0.05, 0.1) is 11.5 Å². The Bertz CT molecular complexity index is 834. The largest absolute Gasteiger partial charge is 0.383 e. The van der Waals surface area contributed by atoms with Crippen molar-refractivity contribution in [1.29, 1.82) is 0 Å². The van der Waals surface area contributed by atoms with Gasteiger partial charge in [0.25, 0.3) is 5.91 Å². The van der Waals surface area contributed by atoms with Crippen molar-refractivity contribution in [2.75, 3.05) is 20.3 Å². The first kappa shape index (κ1) is 21.1. The molecule has 0 radical (unpaired) electrons. The van der Waals surface area contributed by atoms with Crippen molar-refractivity contribution >= 4 is 15.9 Å². The Morgan fingerprint density at radius 1 is 1.07 bits per heavy atom. The van der Waals surface area contributed by atoms with Gasteiger partial charge in [-0.25, -0.2) is 13.1 Å². The molecule has 27 heavy (non-hydrogen) atoms. The number of ether oxygens (including phenoxy) is 1. The van der Waals surface area contributed by atoms with Crippen LogP contribution in [0.15, 0.2) is 59.5 Å². The van der Waals surface area contributed by atoms with Crippen molar-refractivity contribution in [1.82, 2.24) is 9.62 Å². The molecule has 6 nitrogen and oxygen atoms in total. The number of nitrogens with zero attached hydrogens (tertiary/aromatic N) is 1. The Morgan fingerprint density at radius 3 is 2.26 bits per heavy atom. The summed E-state index contributed by atoms with van der Waals surface area (Å²) in [5.41, 5.74) is 1.45. The summed E-state index contributed by atoms with van der Waals surface area (Å²) in [5, 5.41) is 0. The second-order valence-corrected chi connectivity index (χ2v) is 8.22. The standard InChI is InChI=1S/C20H26N2O4S/c1-16(2)21-27(24,25)19-11-9-18(10-12-19)20(23)22(13-14-26-3)15-17-7-5-4-6-8-17/h4-12,16,21H,13-15H2,1-3H3. The Labute approximate surface area is 161 Å². The van der Waals surface area contributed by atoms with E-state index >= 15 is 0 Å². The highest BCUT2D eigenvalue weighted by Gasteiger charge is 2.19. The molecule has 0 unspecified atom stereocenters. The SMILES string of the molecule is COCCN(Cc1ccccc1)C(=O)c1ccc(S(=O)(=O)NC(C)C)cc1. The van der Waals surface area contributed by atoms with Crippen LogP contribution in [0.1, 0.15) is 29.8 Å². The Kier molecular flexibility index (Phi) is 7.53. The molecule has 0 aliphatic rings. The van der Waals surface area contributed by atoms with Crippen LogP contribution < -0.4 is 4.72 Å². The Morgan fingerprint density at radius 2 is 1.70 bits per heavy atom. The lowest BCUT2D eigenvalue weighted by molar-refractivity contribution is 0.0680. The van der Waals surface area contributed by atoms with Crippen LogP contribution in [0.5, 0.6) is 0 Å². The van der Waals surface area contributed by atoms with Gasteiger partial charge in [0.2, 0.25) is 10.0 Å². The van der Waals surface area contributed by atoms with Gasteiger partial charge in [0.1, 0.15) is 0 Å². The van der Waals surface area contributed by atoms with E-state index in [-0.39, 0.29) is 16.8 Å². The molecule has 146 valence electrons. The minimum absolute atomic E-state index is 0.138. The second-order valence-electron chi connectivity index (χ2n) is 6.51. The van der Waals surface area contributed by atoms with Crippen molar-refractivity contribution in [3.8, 4) is 0 Å². The summed E-state index contributed by atoms with van der Waals surface area (Å²) in [6, 6.07) is 15.5. The van der Waals surface area contributed by atoms with Crippen LogP contribution in [0.25, 0.3) is 0 Å². The van der Waals surface area contributed by atoms with Crippen LogP contribution in [0, 0.1) is 0 Å². The van der Waals surface area contributed by atoms with Crippen molar-refractivity contribution in [3.63, 3.8) is 0 Å². The number of carbonyl (C=O) groups is 1. The van der Waals surface area contributed by atoms with Crippen LogP contribution in [0.3, 0.4) is 0 Å². The number of carbonyl (C=O) groups excluding carboxylic acids is 1. The number of nitrogens with one attached hydrogen (secondary N) is 1. The molecular formula is C20H26N2O4S. The average molecular weight is 391 g/mol. The van der Waals surface area contributed by atoms with E-state index in [0.717, 1.165) is 5.56 Å². The van der Waals surface area contributed by atoms with Gasteiger partial charge in [-0.3, -0.25) is 4.79 Å². The van der Waals surface area contributed by atoms with Crippen molar-refractivity contribution < 1.29 is 17.9 Å². The molecule has 0 aliphatic heterocycles. The van der Waals surface area contributed by atoms with Gasteiger partial charge in [-0.1, -0.05) is 30.3 Å². The maximum Gasteiger partial charge on any atom is 0.254 e. The van der Waals surface area contributed by atoms with Crippen LogP contribution in [0.2, 0.25) is 0 Å². The maximum atomic E-state index is 12.9. The van der Waals surface area contributed by atoms with E-state index in [1.807, 2.05) is 30.3 Å². The highest BCUT2D eigenvalue weighted by atomic mass is 32.2. The molecule has 1 amide bonds. The summed E-state index contributed by atoms with van der Waals surface area (Å²) in [4.78, 5) is 14.7. The molecule has 0 bridgehead atoms. The van der Waals surface area contributed by atoms with Gasteiger partial charge >= 0.3 is 0 Å². The molecular weight excluding hydrogens is 364 g/mol. The third kappa shape index (κ3) is 6.16. The van der Waals surface area contributed by atoms with Crippen LogP contribution >= 0.6 is 0 Å². The molecule has 0 heterocycles. The molecule has 2 aromatic rings. The van der Waals surface area contributed by atoms with Gasteiger partial charge < -0.3 is 9.64 Å². The highest BCUT2D eigenvalue weighted by molar-refractivity contribution is 7.89. The summed E-state index contributed by atoms with van der Waals surface area (Å²) in [6.45, 7) is 4.83. The molecule has 0 spiro atoms. The lowest BCUT2D eigenvalue weighted by Crippen LogP contribution is -2.33. The smallest absolute Gasteiger partial charge is 0.254 e. The zero-order valence-electron chi connectivity index (χ0n) is 15.9. The number of benzene rings is 2. The zero-order chi connectivity index (χ0) is 19.9. The second kappa shape index (κ2) is 9.64. The fourth-order valence-electron chi connectivity index (χ4n) is 2.60. The molecule has 0 saturated heterocycles. The van der Waals surface area contributed by atoms with E-state index in [0.29, 0.717) is 25.3 Å². The summed E-state index contributed by atoms with van der Waals surface area (Å²) in [7, 11) is -1.99. The predicted molar refractivity (Wildman–Crippen MR) is 105 cm³/mol. The molecule has 0 aliphatic carbocycles. The lowest BCUT2D eigenvalue weighted by Gasteiger charge is -2.23. The first-order valence-corrected chi connectivity index (χ1v) is 10.3. The lowest BCUT2D eigenvalue weighted by atomic mass is 10.1. The van der Waals surface area contributed by atoms with Gasteiger partial charge in [-0.05, 0) is 43.7 Å². The molecule has 0 fully saturated rings. The molecule has 0 atom stereocenters. The zero-order valence-corrected chi connectivity index (χ0v) is 16.7. The fraction of sp³-hybridized carbons (Fsp3) is 0.350. The summed E-state index contributed by atoms with van der Waals surface area (Å²) >= 11 is 0. The summed E-state index contributed by atoms with van der Waals surface area (Å²) in [6.07, 6.45) is 0. The normalized spacial score (nSPS) is 11.6. The first-order chi connectivity index (χ1) is 12.8. The van der Waals surface area contributed by atoms with E-state index in [1.165, 1.54) is 12.1 Å². The topological polar surface area (TPSA) is 75.7 Å². The first-order valence-electron chi connectivity index (χ1n) is 8.78. The number of amides is 1. The van der Waals surface area contributed by atoms with Gasteiger partial charge in [-0.2, -0.15) is 0 Å². The van der Waals surface area contributed by atoms with E-state index in [2.05, 4.69) is 4.72 Å². The van der Waals surface area contributed by atoms with Gasteiger partial charge in [0, 0.05) is 31.8 Å². The van der Waals surface area contributed by atoms with Crippen molar-refractivity contribution in [2.45, 2.75) is 31.3 Å². The number of rotatable bonds is 9. The predicted octanol–water partition coefficient (Wildman–Crippen LogP) is 2.66. The molecule has 0 aromatic heterocycles. The van der Waals surface area contributed by atoms with E-state index in [1.54, 1.807) is 38.0 Å². The fourth-order valence-corrected chi connectivity index (χ4v) is 3.85. The van der Waals surface area contributed by atoms with Crippen molar-refractivity contribution in [2.24, 2.45) is 0 Å². The van der Waals surface area contributed by atoms with E-state index in [9.17, 15) is 13.2 Å². The summed E-state index contributed by atoms with van der Waals surface area (Å²) < 4.78 is 32.1. The van der Waals surface area contributed by atoms with Gasteiger partial charge in [-0.15, -0.1) is 0 Å². The number of sulfonamides is 1. The average Bonchev–Trinajstić information content (AvgIpc) is 2.64.